The van der Waals surface area contributed by atoms with Crippen molar-refractivity contribution in [1.82, 2.24) is 0 Å². The van der Waals surface area contributed by atoms with Gasteiger partial charge in [0.2, 0.25) is 0 Å². The van der Waals surface area contributed by atoms with Crippen LogP contribution in [0, 0.1) is 11.3 Å². The zero-order chi connectivity index (χ0) is 51.1. The molecule has 0 N–H and O–H groups in total. The standard InChI is InChI=1S/C69H64BN3/c1-66(2,3)53-35-54(67(4,5)6)38-57(37-53)72-61-31-50-27-46-19-15-13-17-44(46)25-48(50)29-59(61)70-60-30-49-26-45-18-14-16-20-47(45)28-51(49)32-62(60)73(58-39-55(68(7,8)9)36-56(40-58)69(10,11)12)64-34-52(33-63(72)65(64)70)43-23-21-42(41-71)22-24-43/h13-40H,1-12H3. The van der Waals surface area contributed by atoms with E-state index >= 15 is 0 Å². The zero-order valence-electron chi connectivity index (χ0n) is 44.6. The monoisotopic (exact) mass is 946 g/mol. The van der Waals surface area contributed by atoms with E-state index in [1.165, 1.54) is 93.1 Å². The molecule has 0 saturated heterocycles. The van der Waals surface area contributed by atoms with E-state index in [4.69, 9.17) is 0 Å². The molecule has 10 aromatic carbocycles. The molecular weight excluding hydrogens is 882 g/mol. The molecule has 0 atom stereocenters. The second-order valence-electron chi connectivity index (χ2n) is 25.2. The van der Waals surface area contributed by atoms with Gasteiger partial charge in [-0.3, -0.25) is 0 Å². The molecule has 0 aliphatic carbocycles. The molecule has 358 valence electrons. The summed E-state index contributed by atoms with van der Waals surface area (Å²) in [5.74, 6) is 0. The first-order valence-electron chi connectivity index (χ1n) is 26.1. The van der Waals surface area contributed by atoms with Crippen LogP contribution in [0.2, 0.25) is 0 Å². The van der Waals surface area contributed by atoms with E-state index < -0.39 is 0 Å². The van der Waals surface area contributed by atoms with Crippen molar-refractivity contribution in [2.75, 3.05) is 9.80 Å². The molecule has 0 saturated carbocycles. The van der Waals surface area contributed by atoms with Crippen LogP contribution in [0.1, 0.15) is 111 Å². The van der Waals surface area contributed by atoms with Crippen LogP contribution in [0.3, 0.4) is 0 Å². The average molecular weight is 946 g/mol. The van der Waals surface area contributed by atoms with Gasteiger partial charge >= 0.3 is 0 Å². The smallest absolute Gasteiger partial charge is 0.252 e. The van der Waals surface area contributed by atoms with Crippen molar-refractivity contribution >= 4 is 100 Å². The molecule has 0 bridgehead atoms. The Balaban J connectivity index is 1.28. The number of nitriles is 1. The van der Waals surface area contributed by atoms with E-state index in [-0.39, 0.29) is 28.4 Å². The Kier molecular flexibility index (Phi) is 10.3. The third kappa shape index (κ3) is 7.88. The molecule has 0 spiro atoms. The van der Waals surface area contributed by atoms with Crippen molar-refractivity contribution in [2.45, 2.75) is 105 Å². The molecule has 0 fully saturated rings. The highest BCUT2D eigenvalue weighted by atomic mass is 15.2. The van der Waals surface area contributed by atoms with Gasteiger partial charge in [-0.15, -0.1) is 0 Å². The van der Waals surface area contributed by atoms with Crippen molar-refractivity contribution in [3.63, 3.8) is 0 Å². The van der Waals surface area contributed by atoms with Gasteiger partial charge in [0, 0.05) is 34.1 Å². The molecule has 73 heavy (non-hydrogen) atoms. The first kappa shape index (κ1) is 46.5. The molecule has 4 heteroatoms. The normalized spacial score (nSPS) is 13.7. The molecule has 0 unspecified atom stereocenters. The van der Waals surface area contributed by atoms with E-state index in [1.807, 2.05) is 12.1 Å². The van der Waals surface area contributed by atoms with Crippen molar-refractivity contribution in [1.29, 1.82) is 5.26 Å². The van der Waals surface area contributed by atoms with Gasteiger partial charge in [-0.05, 0) is 199 Å². The zero-order valence-corrected chi connectivity index (χ0v) is 44.6. The fourth-order valence-electron chi connectivity index (χ4n) is 11.5. The number of anilines is 6. The minimum absolute atomic E-state index is 0.104. The van der Waals surface area contributed by atoms with Crippen molar-refractivity contribution in [2.24, 2.45) is 0 Å². The lowest BCUT2D eigenvalue weighted by molar-refractivity contribution is 0.568. The molecule has 0 aromatic heterocycles. The summed E-state index contributed by atoms with van der Waals surface area (Å²) in [7, 11) is 0. The highest BCUT2D eigenvalue weighted by molar-refractivity contribution is 7.00. The third-order valence-corrected chi connectivity index (χ3v) is 15.9. The van der Waals surface area contributed by atoms with Crippen LogP contribution < -0.4 is 26.2 Å². The Bertz CT molecular complexity index is 3680. The number of nitrogens with zero attached hydrogens (tertiary/aromatic N) is 3. The van der Waals surface area contributed by atoms with Crippen LogP contribution in [-0.2, 0) is 21.7 Å². The van der Waals surface area contributed by atoms with Crippen LogP contribution in [0.25, 0.3) is 54.2 Å². The van der Waals surface area contributed by atoms with E-state index in [9.17, 15) is 5.26 Å². The van der Waals surface area contributed by atoms with Crippen LogP contribution in [-0.4, -0.2) is 6.71 Å². The van der Waals surface area contributed by atoms with Gasteiger partial charge in [-0.2, -0.15) is 5.26 Å². The van der Waals surface area contributed by atoms with Crippen LogP contribution in [0.15, 0.2) is 170 Å². The Labute approximate surface area is 432 Å². The third-order valence-electron chi connectivity index (χ3n) is 15.9. The summed E-state index contributed by atoms with van der Waals surface area (Å²) in [5, 5.41) is 19.9. The number of benzene rings is 10. The van der Waals surface area contributed by atoms with E-state index in [1.54, 1.807) is 0 Å². The van der Waals surface area contributed by atoms with Gasteiger partial charge in [0.25, 0.3) is 6.71 Å². The van der Waals surface area contributed by atoms with E-state index in [0.717, 1.165) is 33.9 Å². The van der Waals surface area contributed by atoms with Crippen molar-refractivity contribution < 1.29 is 0 Å². The fourth-order valence-corrected chi connectivity index (χ4v) is 11.5. The van der Waals surface area contributed by atoms with Crippen molar-refractivity contribution in [3.05, 3.63) is 198 Å². The Morgan fingerprint density at radius 3 is 1.01 bits per heavy atom. The van der Waals surface area contributed by atoms with Gasteiger partial charge < -0.3 is 9.80 Å². The topological polar surface area (TPSA) is 30.3 Å². The largest absolute Gasteiger partial charge is 0.311 e. The van der Waals surface area contributed by atoms with Gasteiger partial charge in [0.1, 0.15) is 0 Å². The molecule has 2 heterocycles. The molecule has 0 amide bonds. The molecule has 2 aliphatic heterocycles. The molecule has 3 nitrogen and oxygen atoms in total. The fraction of sp³-hybridized carbons (Fsp3) is 0.232. The summed E-state index contributed by atoms with van der Waals surface area (Å²) in [6, 6.07) is 67.3. The first-order valence-corrected chi connectivity index (χ1v) is 26.1. The van der Waals surface area contributed by atoms with Gasteiger partial charge in [-0.1, -0.05) is 168 Å². The van der Waals surface area contributed by atoms with Gasteiger partial charge in [0.05, 0.1) is 11.6 Å². The predicted molar refractivity (Wildman–Crippen MR) is 315 cm³/mol. The molecular formula is C69H64BN3. The van der Waals surface area contributed by atoms with Crippen LogP contribution in [0.5, 0.6) is 0 Å². The highest BCUT2D eigenvalue weighted by Gasteiger charge is 2.45. The summed E-state index contributed by atoms with van der Waals surface area (Å²) < 4.78 is 0. The quantitative estimate of drug-likeness (QED) is 0.131. The lowest BCUT2D eigenvalue weighted by atomic mass is 9.33. The SMILES string of the molecule is CC(C)(C)c1cc(N2c3cc4cc5ccccc5cc4cc3B3c4cc5cc6ccccc6cc5cc4N(c4cc(C(C)(C)C)cc(C(C)(C)C)c4)c4cc(-c5ccc(C#N)cc5)cc2c43)cc(C(C)(C)C)c1. The minimum atomic E-state index is -0.106. The van der Waals surface area contributed by atoms with Gasteiger partial charge in [0.15, 0.2) is 0 Å². The summed E-state index contributed by atoms with van der Waals surface area (Å²) in [6.07, 6.45) is 0. The van der Waals surface area contributed by atoms with Crippen LogP contribution >= 0.6 is 0 Å². The van der Waals surface area contributed by atoms with Gasteiger partial charge in [-0.25, -0.2) is 0 Å². The average Bonchev–Trinajstić information content (AvgIpc) is 3.34. The lowest BCUT2D eigenvalue weighted by Gasteiger charge is -2.45. The second-order valence-corrected chi connectivity index (χ2v) is 25.2. The Hall–Kier alpha value is -7.61. The number of fused-ring (bicyclic) bond motifs is 8. The maximum atomic E-state index is 10.0. The Morgan fingerprint density at radius 2 is 0.685 bits per heavy atom. The molecule has 10 aromatic rings. The summed E-state index contributed by atoms with van der Waals surface area (Å²) in [5.41, 5.74) is 18.5. The molecule has 0 radical (unpaired) electrons. The lowest BCUT2D eigenvalue weighted by Crippen LogP contribution is -2.61. The number of hydrogen-bond donors (Lipinski definition) is 0. The maximum Gasteiger partial charge on any atom is 0.252 e. The maximum absolute atomic E-state index is 10.0. The molecule has 2 aliphatic rings. The van der Waals surface area contributed by atoms with E-state index in [2.05, 4.69) is 257 Å². The van der Waals surface area contributed by atoms with Crippen LogP contribution in [0.4, 0.5) is 34.1 Å². The highest BCUT2D eigenvalue weighted by Crippen LogP contribution is 2.50. The number of rotatable bonds is 3. The predicted octanol–water partition coefficient (Wildman–Crippen LogP) is 17.1. The summed E-state index contributed by atoms with van der Waals surface area (Å²) in [6.45, 7) is 27.9. The minimum Gasteiger partial charge on any atom is -0.311 e. The molecule has 12 rings (SSSR count). The van der Waals surface area contributed by atoms with E-state index in [0.29, 0.717) is 5.56 Å². The first-order chi connectivity index (χ1) is 34.6. The Morgan fingerprint density at radius 1 is 0.342 bits per heavy atom. The summed E-state index contributed by atoms with van der Waals surface area (Å²) in [4.78, 5) is 5.22. The number of hydrogen-bond acceptors (Lipinski definition) is 3. The summed E-state index contributed by atoms with van der Waals surface area (Å²) >= 11 is 0. The second kappa shape index (κ2) is 16.2. The van der Waals surface area contributed by atoms with Crippen molar-refractivity contribution in [3.8, 4) is 17.2 Å².